The highest BCUT2D eigenvalue weighted by molar-refractivity contribution is 8.04. The van der Waals surface area contributed by atoms with Crippen molar-refractivity contribution < 1.29 is 9.59 Å². The zero-order valence-electron chi connectivity index (χ0n) is 20.2. The van der Waals surface area contributed by atoms with Crippen LogP contribution in [0.15, 0.2) is 82.6 Å². The number of likely N-dealkylation sites (N-methyl/N-ethyl adjacent to an activating group) is 1. The van der Waals surface area contributed by atoms with Gasteiger partial charge in [0, 0.05) is 30.6 Å². The Morgan fingerprint density at radius 3 is 2.46 bits per heavy atom. The molecule has 5 heteroatoms. The SMILES string of the molecule is Cc1ccccc1/C=C1\Sc2ccc(C(=O)N3CCC(Cc4ccccc4)CC3)cc2N(C)C1=O. The highest BCUT2D eigenvalue weighted by atomic mass is 32.2. The van der Waals surface area contributed by atoms with Crippen LogP contribution in [0.1, 0.15) is 39.9 Å². The van der Waals surface area contributed by atoms with E-state index in [0.29, 0.717) is 16.4 Å². The molecule has 0 N–H and O–H groups in total. The Bertz CT molecular complexity index is 1280. The predicted molar refractivity (Wildman–Crippen MR) is 144 cm³/mol. The van der Waals surface area contributed by atoms with Crippen LogP contribution in [0.4, 0.5) is 5.69 Å². The van der Waals surface area contributed by atoms with Crippen LogP contribution in [-0.4, -0.2) is 36.9 Å². The van der Waals surface area contributed by atoms with Gasteiger partial charge in [-0.15, -0.1) is 0 Å². The van der Waals surface area contributed by atoms with E-state index in [-0.39, 0.29) is 11.8 Å². The Morgan fingerprint density at radius 1 is 1.00 bits per heavy atom. The maximum Gasteiger partial charge on any atom is 0.264 e. The van der Waals surface area contributed by atoms with Crippen molar-refractivity contribution in [1.29, 1.82) is 0 Å². The van der Waals surface area contributed by atoms with Gasteiger partial charge in [0.2, 0.25) is 0 Å². The minimum atomic E-state index is -0.0444. The fourth-order valence-corrected chi connectivity index (χ4v) is 5.97. The van der Waals surface area contributed by atoms with Gasteiger partial charge in [-0.1, -0.05) is 66.4 Å². The lowest BCUT2D eigenvalue weighted by atomic mass is 9.90. The molecule has 0 aromatic heterocycles. The Morgan fingerprint density at radius 2 is 1.71 bits per heavy atom. The molecule has 5 rings (SSSR count). The summed E-state index contributed by atoms with van der Waals surface area (Å²) in [6.07, 6.45) is 5.07. The number of carbonyl (C=O) groups excluding carboxylic acids is 2. The molecule has 2 heterocycles. The van der Waals surface area contributed by atoms with Crippen molar-refractivity contribution in [3.63, 3.8) is 0 Å². The number of piperidine rings is 1. The Hall–Kier alpha value is -3.31. The minimum Gasteiger partial charge on any atom is -0.339 e. The first-order valence-corrected chi connectivity index (χ1v) is 13.0. The van der Waals surface area contributed by atoms with Gasteiger partial charge in [0.1, 0.15) is 0 Å². The first-order chi connectivity index (χ1) is 17.0. The third kappa shape index (κ3) is 5.06. The number of carbonyl (C=O) groups is 2. The van der Waals surface area contributed by atoms with E-state index in [0.717, 1.165) is 54.1 Å². The number of benzene rings is 3. The summed E-state index contributed by atoms with van der Waals surface area (Å²) in [4.78, 5) is 31.7. The molecule has 1 fully saturated rings. The van der Waals surface area contributed by atoms with E-state index in [1.165, 1.54) is 17.3 Å². The van der Waals surface area contributed by atoms with E-state index in [9.17, 15) is 9.59 Å². The molecule has 4 nitrogen and oxygen atoms in total. The van der Waals surface area contributed by atoms with Gasteiger partial charge in [0.15, 0.2) is 0 Å². The highest BCUT2D eigenvalue weighted by Crippen LogP contribution is 2.42. The van der Waals surface area contributed by atoms with Crippen LogP contribution >= 0.6 is 11.8 Å². The number of likely N-dealkylation sites (tertiary alicyclic amines) is 1. The molecule has 0 radical (unpaired) electrons. The van der Waals surface area contributed by atoms with E-state index in [1.54, 1.807) is 11.9 Å². The first-order valence-electron chi connectivity index (χ1n) is 12.2. The largest absolute Gasteiger partial charge is 0.339 e. The summed E-state index contributed by atoms with van der Waals surface area (Å²) < 4.78 is 0. The number of hydrogen-bond donors (Lipinski definition) is 0. The van der Waals surface area contributed by atoms with Crippen molar-refractivity contribution in [2.24, 2.45) is 5.92 Å². The van der Waals surface area contributed by atoms with Crippen molar-refractivity contribution in [1.82, 2.24) is 4.90 Å². The molecule has 2 aliphatic rings. The minimum absolute atomic E-state index is 0.0444. The average molecular weight is 483 g/mol. The lowest BCUT2D eigenvalue weighted by molar-refractivity contribution is -0.114. The molecule has 2 amide bonds. The standard InChI is InChI=1S/C30H30N2O2S/c1-21-8-6-7-11-24(21)20-28-30(34)31(2)26-19-25(12-13-27(26)35-28)29(33)32-16-14-23(15-17-32)18-22-9-4-3-5-10-22/h3-13,19-20,23H,14-18H2,1-2H3/b28-20-. The monoisotopic (exact) mass is 482 g/mol. The molecule has 35 heavy (non-hydrogen) atoms. The summed E-state index contributed by atoms with van der Waals surface area (Å²) in [5.74, 6) is 0.624. The second-order valence-electron chi connectivity index (χ2n) is 9.44. The van der Waals surface area contributed by atoms with Crippen LogP contribution in [0.2, 0.25) is 0 Å². The average Bonchev–Trinajstić information content (AvgIpc) is 2.89. The maximum atomic E-state index is 13.3. The van der Waals surface area contributed by atoms with Crippen molar-refractivity contribution in [3.8, 4) is 0 Å². The van der Waals surface area contributed by atoms with Crippen molar-refractivity contribution in [2.75, 3.05) is 25.0 Å². The second-order valence-corrected chi connectivity index (χ2v) is 10.5. The van der Waals surface area contributed by atoms with Gasteiger partial charge in [-0.25, -0.2) is 0 Å². The number of hydrogen-bond acceptors (Lipinski definition) is 3. The third-order valence-electron chi connectivity index (χ3n) is 7.05. The summed E-state index contributed by atoms with van der Waals surface area (Å²) in [5, 5.41) is 0. The van der Waals surface area contributed by atoms with Gasteiger partial charge >= 0.3 is 0 Å². The molecule has 0 bridgehead atoms. The number of anilines is 1. The van der Waals surface area contributed by atoms with Crippen molar-refractivity contribution in [2.45, 2.75) is 31.1 Å². The van der Waals surface area contributed by atoms with Gasteiger partial charge in [0.05, 0.1) is 10.6 Å². The van der Waals surface area contributed by atoms with Gasteiger partial charge in [-0.3, -0.25) is 9.59 Å². The van der Waals surface area contributed by atoms with Crippen LogP contribution in [0.5, 0.6) is 0 Å². The van der Waals surface area contributed by atoms with E-state index in [1.807, 2.05) is 66.4 Å². The predicted octanol–water partition coefficient (Wildman–Crippen LogP) is 6.20. The summed E-state index contributed by atoms with van der Waals surface area (Å²) in [6, 6.07) is 24.4. The van der Waals surface area contributed by atoms with E-state index in [4.69, 9.17) is 0 Å². The second kappa shape index (κ2) is 10.1. The van der Waals surface area contributed by atoms with E-state index in [2.05, 4.69) is 24.3 Å². The van der Waals surface area contributed by atoms with Crippen LogP contribution in [0.3, 0.4) is 0 Å². The van der Waals surface area contributed by atoms with Crippen molar-refractivity contribution >= 4 is 35.3 Å². The molecule has 1 saturated heterocycles. The normalized spacial score (nSPS) is 17.5. The van der Waals surface area contributed by atoms with Gasteiger partial charge in [-0.2, -0.15) is 0 Å². The Labute approximate surface area is 211 Å². The fraction of sp³-hybridized carbons (Fsp3) is 0.267. The number of thioether (sulfide) groups is 1. The molecule has 0 aliphatic carbocycles. The van der Waals surface area contributed by atoms with Crippen LogP contribution in [0, 0.1) is 12.8 Å². The van der Waals surface area contributed by atoms with Crippen molar-refractivity contribution in [3.05, 3.63) is 100.0 Å². The van der Waals surface area contributed by atoms with Gasteiger partial charge < -0.3 is 9.80 Å². The summed E-state index contributed by atoms with van der Waals surface area (Å²) in [7, 11) is 1.79. The third-order valence-corrected chi connectivity index (χ3v) is 8.12. The number of amides is 2. The molecule has 0 unspecified atom stereocenters. The highest BCUT2D eigenvalue weighted by Gasteiger charge is 2.29. The van der Waals surface area contributed by atoms with E-state index >= 15 is 0 Å². The fourth-order valence-electron chi connectivity index (χ4n) is 4.89. The quantitative estimate of drug-likeness (QED) is 0.416. The van der Waals surface area contributed by atoms with Gasteiger partial charge in [-0.05, 0) is 73.1 Å². The molecular weight excluding hydrogens is 452 g/mol. The number of fused-ring (bicyclic) bond motifs is 1. The maximum absolute atomic E-state index is 13.3. The zero-order valence-corrected chi connectivity index (χ0v) is 21.1. The Kier molecular flexibility index (Phi) is 6.78. The van der Waals surface area contributed by atoms with Gasteiger partial charge in [0.25, 0.3) is 11.8 Å². The summed E-state index contributed by atoms with van der Waals surface area (Å²) in [6.45, 7) is 3.60. The van der Waals surface area contributed by atoms with E-state index < -0.39 is 0 Å². The topological polar surface area (TPSA) is 40.6 Å². The molecule has 3 aromatic carbocycles. The molecular formula is C30H30N2O2S. The van der Waals surface area contributed by atoms with Crippen LogP contribution < -0.4 is 4.90 Å². The number of rotatable bonds is 4. The molecule has 178 valence electrons. The van der Waals surface area contributed by atoms with Crippen LogP contribution in [0.25, 0.3) is 6.08 Å². The first kappa shape index (κ1) is 23.4. The molecule has 2 aliphatic heterocycles. The molecule has 0 spiro atoms. The lowest BCUT2D eigenvalue weighted by Crippen LogP contribution is -2.39. The molecule has 3 aromatic rings. The zero-order chi connectivity index (χ0) is 24.4. The molecule has 0 atom stereocenters. The van der Waals surface area contributed by atoms with Crippen LogP contribution in [-0.2, 0) is 11.2 Å². The number of nitrogens with zero attached hydrogens (tertiary/aromatic N) is 2. The summed E-state index contributed by atoms with van der Waals surface area (Å²) in [5.41, 5.74) is 5.00. The molecule has 0 saturated carbocycles. The lowest BCUT2D eigenvalue weighted by Gasteiger charge is -2.33. The number of aryl methyl sites for hydroxylation is 1. The summed E-state index contributed by atoms with van der Waals surface area (Å²) >= 11 is 1.47. The Balaban J connectivity index is 1.28. The smallest absolute Gasteiger partial charge is 0.264 e.